The monoisotopic (exact) mass is 437 g/mol. The number of nitrogens with one attached hydrogen (secondary N) is 1. The third kappa shape index (κ3) is 3.42. The minimum atomic E-state index is -2.53. The van der Waals surface area contributed by atoms with Crippen LogP contribution in [0, 0.1) is 5.92 Å². The van der Waals surface area contributed by atoms with Crippen molar-refractivity contribution in [2.75, 3.05) is 5.32 Å². The molecule has 2 aliphatic carbocycles. The van der Waals surface area contributed by atoms with Crippen molar-refractivity contribution in [1.29, 1.82) is 0 Å². The largest absolute Gasteiger partial charge is 0.351 e. The van der Waals surface area contributed by atoms with Gasteiger partial charge < -0.3 is 5.32 Å². The average molecular weight is 438 g/mol. The van der Waals surface area contributed by atoms with E-state index in [-0.39, 0.29) is 24.3 Å². The maximum atomic E-state index is 13.4. The van der Waals surface area contributed by atoms with Crippen molar-refractivity contribution in [1.82, 2.24) is 15.0 Å². The van der Waals surface area contributed by atoms with E-state index in [1.54, 1.807) is 0 Å². The second kappa shape index (κ2) is 7.42. The Morgan fingerprint density at radius 3 is 2.59 bits per heavy atom. The van der Waals surface area contributed by atoms with E-state index in [4.69, 9.17) is 9.98 Å². The molecule has 1 fully saturated rings. The summed E-state index contributed by atoms with van der Waals surface area (Å²) in [6.45, 7) is 8.77. The van der Waals surface area contributed by atoms with Crippen molar-refractivity contribution in [3.8, 4) is 0 Å². The summed E-state index contributed by atoms with van der Waals surface area (Å²) in [5, 5.41) is 3.26. The van der Waals surface area contributed by atoms with Gasteiger partial charge in [0.2, 0.25) is 11.9 Å². The number of halogens is 2. The summed E-state index contributed by atoms with van der Waals surface area (Å²) in [7, 11) is 0. The molecule has 0 aromatic carbocycles. The summed E-state index contributed by atoms with van der Waals surface area (Å²) >= 11 is 0. The molecular weight excluding hydrogens is 408 g/mol. The van der Waals surface area contributed by atoms with Crippen LogP contribution in [0.2, 0.25) is 0 Å². The van der Waals surface area contributed by atoms with Gasteiger partial charge in [0.25, 0.3) is 0 Å². The van der Waals surface area contributed by atoms with Gasteiger partial charge in [0.05, 0.1) is 5.69 Å². The molecule has 3 aliphatic rings. The van der Waals surface area contributed by atoms with Crippen molar-refractivity contribution in [3.63, 3.8) is 0 Å². The number of nitrogens with zero attached hydrogens (tertiary/aromatic N) is 4. The summed E-state index contributed by atoms with van der Waals surface area (Å²) in [6, 6.07) is 2.22. The van der Waals surface area contributed by atoms with Gasteiger partial charge in [-0.2, -0.15) is 0 Å². The summed E-state index contributed by atoms with van der Waals surface area (Å²) in [5.41, 5.74) is 6.26. The molecule has 7 heteroatoms. The first-order chi connectivity index (χ1) is 15.2. The predicted octanol–water partition coefficient (Wildman–Crippen LogP) is 5.87. The average Bonchev–Trinajstić information content (AvgIpc) is 3.28. The highest BCUT2D eigenvalue weighted by molar-refractivity contribution is 6.00. The second-order valence-corrected chi connectivity index (χ2v) is 9.80. The second-order valence-electron chi connectivity index (χ2n) is 9.80. The first-order valence-electron chi connectivity index (χ1n) is 11.4. The van der Waals surface area contributed by atoms with Crippen LogP contribution in [-0.4, -0.2) is 32.6 Å². The molecule has 0 saturated heterocycles. The number of fused-ring (bicyclic) bond motifs is 2. The van der Waals surface area contributed by atoms with Crippen LogP contribution in [-0.2, 0) is 11.8 Å². The number of pyridine rings is 1. The van der Waals surface area contributed by atoms with Gasteiger partial charge >= 0.3 is 0 Å². The van der Waals surface area contributed by atoms with Crippen LogP contribution in [0.15, 0.2) is 29.5 Å². The fourth-order valence-electron chi connectivity index (χ4n) is 5.09. The molecule has 1 atom stereocenters. The zero-order chi connectivity index (χ0) is 22.7. The number of aliphatic imine (C=N–C) groups is 1. The number of alkyl halides is 2. The Kier molecular flexibility index (Phi) is 4.91. The smallest absolute Gasteiger partial charge is 0.248 e. The van der Waals surface area contributed by atoms with E-state index in [1.807, 2.05) is 12.4 Å². The van der Waals surface area contributed by atoms with Gasteiger partial charge in [-0.3, -0.25) is 0 Å². The van der Waals surface area contributed by atoms with Gasteiger partial charge in [0, 0.05) is 65.5 Å². The summed E-state index contributed by atoms with van der Waals surface area (Å²) in [4.78, 5) is 18.6. The molecule has 5 rings (SSSR count). The lowest BCUT2D eigenvalue weighted by atomic mass is 9.71. The quantitative estimate of drug-likeness (QED) is 0.650. The van der Waals surface area contributed by atoms with E-state index >= 15 is 0 Å². The van der Waals surface area contributed by atoms with E-state index in [9.17, 15) is 8.78 Å². The van der Waals surface area contributed by atoms with Crippen LogP contribution in [0.25, 0.3) is 5.57 Å². The van der Waals surface area contributed by atoms with Crippen LogP contribution in [0.4, 0.5) is 20.5 Å². The Labute approximate surface area is 187 Å². The van der Waals surface area contributed by atoms with E-state index in [2.05, 4.69) is 55.1 Å². The molecular formula is C25H29F2N5. The van der Waals surface area contributed by atoms with Crippen LogP contribution in [0.5, 0.6) is 0 Å². The molecule has 1 aliphatic heterocycles. The topological polar surface area (TPSA) is 63.1 Å². The molecule has 0 bridgehead atoms. The molecule has 1 N–H and O–H groups in total. The number of anilines is 1. The Bertz CT molecular complexity index is 1130. The van der Waals surface area contributed by atoms with Gasteiger partial charge in [-0.05, 0) is 44.2 Å². The Balaban J connectivity index is 1.38. The molecule has 2 aromatic rings. The highest BCUT2D eigenvalue weighted by Gasteiger charge is 2.41. The number of rotatable bonds is 4. The van der Waals surface area contributed by atoms with Crippen LogP contribution >= 0.6 is 0 Å². The predicted molar refractivity (Wildman–Crippen MR) is 123 cm³/mol. The summed E-state index contributed by atoms with van der Waals surface area (Å²) in [5.74, 6) is -0.784. The zero-order valence-corrected chi connectivity index (χ0v) is 19.0. The normalized spacial score (nSPS) is 24.2. The Hall–Kier alpha value is -2.70. The third-order valence-electron chi connectivity index (χ3n) is 7.62. The van der Waals surface area contributed by atoms with Crippen molar-refractivity contribution in [2.24, 2.45) is 10.9 Å². The highest BCUT2D eigenvalue weighted by Crippen LogP contribution is 2.45. The van der Waals surface area contributed by atoms with Crippen LogP contribution in [0.3, 0.4) is 0 Å². The van der Waals surface area contributed by atoms with Crippen molar-refractivity contribution < 1.29 is 8.78 Å². The van der Waals surface area contributed by atoms with E-state index in [0.717, 1.165) is 40.3 Å². The molecule has 1 unspecified atom stereocenters. The lowest BCUT2D eigenvalue weighted by Crippen LogP contribution is -2.33. The third-order valence-corrected chi connectivity index (χ3v) is 7.62. The minimum absolute atomic E-state index is 0.000584. The Morgan fingerprint density at radius 1 is 1.12 bits per heavy atom. The van der Waals surface area contributed by atoms with Crippen LogP contribution in [0.1, 0.15) is 75.8 Å². The first kappa shape index (κ1) is 21.2. The van der Waals surface area contributed by atoms with Gasteiger partial charge in [0.15, 0.2) is 5.82 Å². The number of hydrogen-bond acceptors (Lipinski definition) is 5. The molecule has 5 nitrogen and oxygen atoms in total. The van der Waals surface area contributed by atoms with Gasteiger partial charge in [0.1, 0.15) is 0 Å². The first-order valence-corrected chi connectivity index (χ1v) is 11.4. The number of hydrogen-bond donors (Lipinski definition) is 1. The summed E-state index contributed by atoms with van der Waals surface area (Å²) in [6.07, 6.45) is 7.34. The van der Waals surface area contributed by atoms with Gasteiger partial charge in [-0.1, -0.05) is 19.9 Å². The minimum Gasteiger partial charge on any atom is -0.351 e. The fraction of sp³-hybridized carbons (Fsp3) is 0.520. The molecule has 1 saturated carbocycles. The standard InChI is InChI=1S/C25H29F2N5/c1-14(2)24(4)15(3)30-22-20(24)11-16(12-28-22)18-5-6-21-19(18)13-29-23(32-21)31-17-7-9-25(26,27)10-8-17/h5,11-14,17H,6-10H2,1-4H3,(H,29,31,32). The fourth-order valence-corrected chi connectivity index (χ4v) is 5.09. The molecule has 0 amide bonds. The number of aromatic nitrogens is 3. The molecule has 2 aromatic heterocycles. The Morgan fingerprint density at radius 2 is 1.88 bits per heavy atom. The van der Waals surface area contributed by atoms with Gasteiger partial charge in [-0.15, -0.1) is 0 Å². The molecule has 32 heavy (non-hydrogen) atoms. The molecule has 0 radical (unpaired) electrons. The molecule has 168 valence electrons. The van der Waals surface area contributed by atoms with E-state index in [1.165, 1.54) is 5.56 Å². The van der Waals surface area contributed by atoms with Crippen molar-refractivity contribution in [2.45, 2.75) is 77.2 Å². The highest BCUT2D eigenvalue weighted by atomic mass is 19.3. The molecule has 0 spiro atoms. The van der Waals surface area contributed by atoms with Crippen molar-refractivity contribution in [3.05, 3.63) is 46.9 Å². The SMILES string of the molecule is CC1=Nc2ncc(C3=CCc4nc(NC5CCC(F)(F)CC5)ncc43)cc2C1(C)C(C)C. The van der Waals surface area contributed by atoms with Crippen LogP contribution < -0.4 is 5.32 Å². The zero-order valence-electron chi connectivity index (χ0n) is 19.0. The van der Waals surface area contributed by atoms with Crippen molar-refractivity contribution >= 4 is 23.1 Å². The number of allylic oxidation sites excluding steroid dienone is 1. The summed E-state index contributed by atoms with van der Waals surface area (Å²) < 4.78 is 26.8. The van der Waals surface area contributed by atoms with E-state index in [0.29, 0.717) is 24.7 Å². The lowest BCUT2D eigenvalue weighted by Gasteiger charge is -2.30. The van der Waals surface area contributed by atoms with Gasteiger partial charge in [-0.25, -0.2) is 28.7 Å². The van der Waals surface area contributed by atoms with E-state index < -0.39 is 5.92 Å². The maximum absolute atomic E-state index is 13.4. The molecule has 3 heterocycles. The lowest BCUT2D eigenvalue weighted by molar-refractivity contribution is -0.0361. The maximum Gasteiger partial charge on any atom is 0.248 e.